The molecule has 0 amide bonds. The van der Waals surface area contributed by atoms with Crippen molar-refractivity contribution in [2.45, 2.75) is 5.75 Å². The molecule has 0 atom stereocenters. The third-order valence-electron chi connectivity index (χ3n) is 1.83. The highest BCUT2D eigenvalue weighted by Gasteiger charge is 2.10. The molecule has 0 spiro atoms. The summed E-state index contributed by atoms with van der Waals surface area (Å²) >= 11 is 4.23. The van der Waals surface area contributed by atoms with Gasteiger partial charge in [-0.25, -0.2) is 0 Å². The van der Waals surface area contributed by atoms with Gasteiger partial charge in [-0.15, -0.1) is 0 Å². The van der Waals surface area contributed by atoms with Crippen LogP contribution in [0.15, 0.2) is 29.0 Å². The maximum atomic E-state index is 5.27. The zero-order valence-corrected chi connectivity index (χ0v) is 8.16. The largest absolute Gasteiger partial charge is 0.463 e. The zero-order valence-electron chi connectivity index (χ0n) is 7.27. The molecule has 0 bridgehead atoms. The monoisotopic (exact) mass is 194 g/mol. The molecule has 0 fully saturated rings. The minimum Gasteiger partial charge on any atom is -0.463 e. The molecule has 0 radical (unpaired) electrons. The number of rotatable bonds is 2. The summed E-state index contributed by atoms with van der Waals surface area (Å²) in [5, 5.41) is 4.30. The molecule has 0 aromatic carbocycles. The van der Waals surface area contributed by atoms with Crippen LogP contribution in [-0.2, 0) is 12.8 Å². The minimum atomic E-state index is 0.671. The van der Waals surface area contributed by atoms with Crippen LogP contribution >= 0.6 is 12.6 Å². The Morgan fingerprint density at radius 3 is 3.08 bits per heavy atom. The predicted octanol–water partition coefficient (Wildman–Crippen LogP) is 2.11. The first kappa shape index (κ1) is 8.44. The molecule has 4 heteroatoms. The standard InChI is InChI=1S/C9H10N2OS/c1-11-5-7(6-13)9(10-11)8-3-2-4-12-8/h2-5,13H,6H2,1H3. The van der Waals surface area contributed by atoms with Gasteiger partial charge in [0.2, 0.25) is 0 Å². The fraction of sp³-hybridized carbons (Fsp3) is 0.222. The summed E-state index contributed by atoms with van der Waals surface area (Å²) in [6.07, 6.45) is 3.59. The molecule has 2 rings (SSSR count). The molecule has 0 aliphatic carbocycles. The maximum absolute atomic E-state index is 5.27. The smallest absolute Gasteiger partial charge is 0.154 e. The molecule has 2 aromatic rings. The van der Waals surface area contributed by atoms with E-state index in [2.05, 4.69) is 17.7 Å². The van der Waals surface area contributed by atoms with Crippen molar-refractivity contribution in [2.75, 3.05) is 0 Å². The van der Waals surface area contributed by atoms with Crippen molar-refractivity contribution in [3.63, 3.8) is 0 Å². The molecular weight excluding hydrogens is 184 g/mol. The second-order valence-corrected chi connectivity index (χ2v) is 3.13. The highest BCUT2D eigenvalue weighted by atomic mass is 32.1. The highest BCUT2D eigenvalue weighted by molar-refractivity contribution is 7.79. The molecule has 0 aliphatic rings. The average Bonchev–Trinajstić information content (AvgIpc) is 2.71. The first-order valence-corrected chi connectivity index (χ1v) is 4.62. The lowest BCUT2D eigenvalue weighted by Crippen LogP contribution is -1.86. The van der Waals surface area contributed by atoms with Gasteiger partial charge in [0.15, 0.2) is 5.76 Å². The number of furan rings is 1. The van der Waals surface area contributed by atoms with Crippen molar-refractivity contribution in [1.29, 1.82) is 0 Å². The molecule has 2 aromatic heterocycles. The van der Waals surface area contributed by atoms with Crippen LogP contribution in [0.1, 0.15) is 5.56 Å². The van der Waals surface area contributed by atoms with Gasteiger partial charge in [0.1, 0.15) is 5.69 Å². The van der Waals surface area contributed by atoms with Crippen LogP contribution in [-0.4, -0.2) is 9.78 Å². The van der Waals surface area contributed by atoms with Crippen molar-refractivity contribution in [1.82, 2.24) is 9.78 Å². The molecule has 0 aliphatic heterocycles. The van der Waals surface area contributed by atoms with E-state index in [-0.39, 0.29) is 0 Å². The maximum Gasteiger partial charge on any atom is 0.154 e. The summed E-state index contributed by atoms with van der Waals surface area (Å²) < 4.78 is 7.03. The average molecular weight is 194 g/mol. The SMILES string of the molecule is Cn1cc(CS)c(-c2ccco2)n1. The Morgan fingerprint density at radius 1 is 1.62 bits per heavy atom. The molecule has 2 heterocycles. The quantitative estimate of drug-likeness (QED) is 0.742. The van der Waals surface area contributed by atoms with Gasteiger partial charge < -0.3 is 4.42 Å². The molecule has 0 unspecified atom stereocenters. The number of nitrogens with zero attached hydrogens (tertiary/aromatic N) is 2. The van der Waals surface area contributed by atoms with Gasteiger partial charge >= 0.3 is 0 Å². The van der Waals surface area contributed by atoms with Crippen LogP contribution in [0.25, 0.3) is 11.5 Å². The molecular formula is C9H10N2OS. The van der Waals surface area contributed by atoms with Gasteiger partial charge in [-0.1, -0.05) is 0 Å². The predicted molar refractivity (Wildman–Crippen MR) is 53.6 cm³/mol. The summed E-state index contributed by atoms with van der Waals surface area (Å²) in [5.41, 5.74) is 1.96. The van der Waals surface area contributed by atoms with Crippen molar-refractivity contribution in [2.24, 2.45) is 7.05 Å². The van der Waals surface area contributed by atoms with E-state index in [9.17, 15) is 0 Å². The van der Waals surface area contributed by atoms with E-state index in [1.54, 1.807) is 10.9 Å². The lowest BCUT2D eigenvalue weighted by molar-refractivity contribution is 0.577. The third-order valence-corrected chi connectivity index (χ3v) is 2.17. The molecule has 3 nitrogen and oxygen atoms in total. The Morgan fingerprint density at radius 2 is 2.46 bits per heavy atom. The van der Waals surface area contributed by atoms with E-state index in [1.165, 1.54) is 0 Å². The third kappa shape index (κ3) is 1.49. The highest BCUT2D eigenvalue weighted by Crippen LogP contribution is 2.22. The van der Waals surface area contributed by atoms with E-state index >= 15 is 0 Å². The first-order valence-electron chi connectivity index (χ1n) is 3.98. The van der Waals surface area contributed by atoms with Crippen LogP contribution in [0.3, 0.4) is 0 Å². The van der Waals surface area contributed by atoms with Gasteiger partial charge in [0.25, 0.3) is 0 Å². The Hall–Kier alpha value is -1.16. The molecule has 0 saturated carbocycles. The summed E-state index contributed by atoms with van der Waals surface area (Å²) in [5.74, 6) is 1.47. The van der Waals surface area contributed by atoms with E-state index in [0.717, 1.165) is 17.0 Å². The minimum absolute atomic E-state index is 0.671. The number of hydrogen-bond donors (Lipinski definition) is 1. The molecule has 13 heavy (non-hydrogen) atoms. The van der Waals surface area contributed by atoms with Crippen molar-refractivity contribution < 1.29 is 4.42 Å². The van der Waals surface area contributed by atoms with Crippen molar-refractivity contribution in [3.05, 3.63) is 30.2 Å². The topological polar surface area (TPSA) is 31.0 Å². The summed E-state index contributed by atoms with van der Waals surface area (Å²) in [7, 11) is 1.89. The molecule has 0 N–H and O–H groups in total. The van der Waals surface area contributed by atoms with Gasteiger partial charge in [-0.05, 0) is 12.1 Å². The van der Waals surface area contributed by atoms with Gasteiger partial charge in [0, 0.05) is 24.6 Å². The van der Waals surface area contributed by atoms with Crippen LogP contribution in [0.5, 0.6) is 0 Å². The molecule has 0 saturated heterocycles. The van der Waals surface area contributed by atoms with Crippen LogP contribution in [0.2, 0.25) is 0 Å². The second kappa shape index (κ2) is 3.30. The van der Waals surface area contributed by atoms with E-state index in [0.29, 0.717) is 5.75 Å². The second-order valence-electron chi connectivity index (χ2n) is 2.81. The number of aryl methyl sites for hydroxylation is 1. The number of hydrogen-bond acceptors (Lipinski definition) is 3. The Labute approximate surface area is 81.8 Å². The summed E-state index contributed by atoms with van der Waals surface area (Å²) in [6.45, 7) is 0. The Kier molecular flexibility index (Phi) is 2.14. The van der Waals surface area contributed by atoms with Gasteiger partial charge in [-0.3, -0.25) is 4.68 Å². The first-order chi connectivity index (χ1) is 6.31. The lowest BCUT2D eigenvalue weighted by Gasteiger charge is -1.92. The Bertz CT molecular complexity index is 392. The summed E-state index contributed by atoms with van der Waals surface area (Å²) in [6, 6.07) is 3.75. The van der Waals surface area contributed by atoms with Crippen LogP contribution in [0.4, 0.5) is 0 Å². The fourth-order valence-corrected chi connectivity index (χ4v) is 1.51. The van der Waals surface area contributed by atoms with Crippen molar-refractivity contribution in [3.8, 4) is 11.5 Å². The normalized spacial score (nSPS) is 10.6. The Balaban J connectivity index is 2.50. The lowest BCUT2D eigenvalue weighted by atomic mass is 10.2. The number of aromatic nitrogens is 2. The number of thiol groups is 1. The van der Waals surface area contributed by atoms with Crippen LogP contribution < -0.4 is 0 Å². The zero-order chi connectivity index (χ0) is 9.26. The van der Waals surface area contributed by atoms with E-state index in [4.69, 9.17) is 4.42 Å². The summed E-state index contributed by atoms with van der Waals surface area (Å²) in [4.78, 5) is 0. The van der Waals surface area contributed by atoms with E-state index < -0.39 is 0 Å². The molecule has 68 valence electrons. The van der Waals surface area contributed by atoms with Crippen LogP contribution in [0, 0.1) is 0 Å². The van der Waals surface area contributed by atoms with Crippen molar-refractivity contribution >= 4 is 12.6 Å². The van der Waals surface area contributed by atoms with E-state index in [1.807, 2.05) is 25.4 Å². The fourth-order valence-electron chi connectivity index (χ4n) is 1.27. The van der Waals surface area contributed by atoms with Gasteiger partial charge in [-0.2, -0.15) is 17.7 Å². The van der Waals surface area contributed by atoms with Gasteiger partial charge in [0.05, 0.1) is 6.26 Å².